The molecule has 1 N–H and O–H groups in total. The van der Waals surface area contributed by atoms with E-state index in [1.807, 2.05) is 31.3 Å². The summed E-state index contributed by atoms with van der Waals surface area (Å²) in [5.41, 5.74) is 1.15. The van der Waals surface area contributed by atoms with E-state index < -0.39 is 0 Å². The van der Waals surface area contributed by atoms with Gasteiger partial charge in [0.15, 0.2) is 0 Å². The summed E-state index contributed by atoms with van der Waals surface area (Å²) >= 11 is 0. The zero-order valence-corrected chi connectivity index (χ0v) is 13.5. The zero-order chi connectivity index (χ0) is 15.8. The molecule has 1 fully saturated rings. The summed E-state index contributed by atoms with van der Waals surface area (Å²) < 4.78 is 10.9. The minimum absolute atomic E-state index is 0.0444. The summed E-state index contributed by atoms with van der Waals surface area (Å²) in [6, 6.07) is 7.86. The Morgan fingerprint density at radius 1 is 1.45 bits per heavy atom. The molecule has 0 spiro atoms. The molecule has 1 atom stereocenters. The summed E-state index contributed by atoms with van der Waals surface area (Å²) in [6.45, 7) is 2.09. The maximum atomic E-state index is 12.1. The Bertz CT molecular complexity index is 473. The summed E-state index contributed by atoms with van der Waals surface area (Å²) in [6.07, 6.45) is 4.34. The SMILES string of the molecule is COc1cccc(CCNC(=O)N(C)CC2CCCCO2)c1. The highest BCUT2D eigenvalue weighted by atomic mass is 16.5. The van der Waals surface area contributed by atoms with Crippen LogP contribution in [0.2, 0.25) is 0 Å². The molecule has 1 aliphatic heterocycles. The van der Waals surface area contributed by atoms with Gasteiger partial charge in [-0.05, 0) is 43.4 Å². The number of likely N-dealkylation sites (N-methyl/N-ethyl adjacent to an activating group) is 1. The monoisotopic (exact) mass is 306 g/mol. The highest BCUT2D eigenvalue weighted by Crippen LogP contribution is 2.14. The van der Waals surface area contributed by atoms with Crippen LogP contribution in [0, 0.1) is 0 Å². The summed E-state index contributed by atoms with van der Waals surface area (Å²) in [7, 11) is 3.47. The van der Waals surface area contributed by atoms with E-state index >= 15 is 0 Å². The van der Waals surface area contributed by atoms with E-state index in [1.54, 1.807) is 12.0 Å². The molecule has 22 heavy (non-hydrogen) atoms. The van der Waals surface area contributed by atoms with Crippen molar-refractivity contribution >= 4 is 6.03 Å². The van der Waals surface area contributed by atoms with Gasteiger partial charge in [0, 0.05) is 26.7 Å². The minimum atomic E-state index is -0.0444. The molecule has 1 aliphatic rings. The van der Waals surface area contributed by atoms with Crippen molar-refractivity contribution in [1.82, 2.24) is 10.2 Å². The number of hydrogen-bond acceptors (Lipinski definition) is 3. The Morgan fingerprint density at radius 3 is 3.05 bits per heavy atom. The molecule has 5 heteroatoms. The van der Waals surface area contributed by atoms with Gasteiger partial charge >= 0.3 is 6.03 Å². The predicted molar refractivity (Wildman–Crippen MR) is 86.3 cm³/mol. The third-order valence-electron chi connectivity index (χ3n) is 3.92. The average molecular weight is 306 g/mol. The third-order valence-corrected chi connectivity index (χ3v) is 3.92. The first-order valence-electron chi connectivity index (χ1n) is 7.92. The molecule has 1 unspecified atom stereocenters. The van der Waals surface area contributed by atoms with Gasteiger partial charge in [0.1, 0.15) is 5.75 Å². The number of methoxy groups -OCH3 is 1. The van der Waals surface area contributed by atoms with Crippen molar-refractivity contribution in [1.29, 1.82) is 0 Å². The van der Waals surface area contributed by atoms with Gasteiger partial charge in [0.2, 0.25) is 0 Å². The van der Waals surface area contributed by atoms with Crippen LogP contribution in [0.4, 0.5) is 4.79 Å². The van der Waals surface area contributed by atoms with Crippen LogP contribution in [0.1, 0.15) is 24.8 Å². The second-order valence-electron chi connectivity index (χ2n) is 5.70. The van der Waals surface area contributed by atoms with Crippen molar-refractivity contribution in [2.75, 3.05) is 33.9 Å². The molecule has 122 valence electrons. The number of nitrogens with zero attached hydrogens (tertiary/aromatic N) is 1. The molecular formula is C17H26N2O3. The maximum Gasteiger partial charge on any atom is 0.317 e. The topological polar surface area (TPSA) is 50.8 Å². The Hall–Kier alpha value is -1.75. The van der Waals surface area contributed by atoms with E-state index in [4.69, 9.17) is 9.47 Å². The van der Waals surface area contributed by atoms with Gasteiger partial charge in [-0.25, -0.2) is 4.79 Å². The number of urea groups is 1. The van der Waals surface area contributed by atoms with Gasteiger partial charge in [-0.3, -0.25) is 0 Å². The normalized spacial score (nSPS) is 17.8. The summed E-state index contributed by atoms with van der Waals surface area (Å²) in [5.74, 6) is 0.843. The molecule has 0 aromatic heterocycles. The number of ether oxygens (including phenoxy) is 2. The van der Waals surface area contributed by atoms with Crippen molar-refractivity contribution < 1.29 is 14.3 Å². The van der Waals surface area contributed by atoms with Gasteiger partial charge in [-0.1, -0.05) is 12.1 Å². The number of amides is 2. The van der Waals surface area contributed by atoms with E-state index in [2.05, 4.69) is 5.32 Å². The van der Waals surface area contributed by atoms with Crippen LogP contribution in [0.3, 0.4) is 0 Å². The third kappa shape index (κ3) is 5.22. The van der Waals surface area contributed by atoms with Crippen molar-refractivity contribution in [3.63, 3.8) is 0 Å². The van der Waals surface area contributed by atoms with Crippen molar-refractivity contribution in [2.45, 2.75) is 31.8 Å². The predicted octanol–water partition coefficient (Wildman–Crippen LogP) is 2.45. The number of hydrogen-bond donors (Lipinski definition) is 1. The lowest BCUT2D eigenvalue weighted by Gasteiger charge is -2.27. The molecule has 1 saturated heterocycles. The quantitative estimate of drug-likeness (QED) is 0.878. The molecule has 1 aromatic carbocycles. The second-order valence-corrected chi connectivity index (χ2v) is 5.70. The van der Waals surface area contributed by atoms with Gasteiger partial charge in [-0.2, -0.15) is 0 Å². The number of rotatable bonds is 6. The highest BCUT2D eigenvalue weighted by Gasteiger charge is 2.18. The van der Waals surface area contributed by atoms with Crippen LogP contribution in [0.5, 0.6) is 5.75 Å². The average Bonchev–Trinajstić information content (AvgIpc) is 2.56. The first kappa shape index (κ1) is 16.6. The molecule has 0 saturated carbocycles. The standard InChI is InChI=1S/C17H26N2O3/c1-19(13-16-7-3-4-11-22-16)17(20)18-10-9-14-6-5-8-15(12-14)21-2/h5-6,8,12,16H,3-4,7,9-11,13H2,1-2H3,(H,18,20). The van der Waals surface area contributed by atoms with Gasteiger partial charge < -0.3 is 19.7 Å². The van der Waals surface area contributed by atoms with Gasteiger partial charge in [-0.15, -0.1) is 0 Å². The molecule has 0 aliphatic carbocycles. The van der Waals surface area contributed by atoms with Gasteiger partial charge in [0.25, 0.3) is 0 Å². The van der Waals surface area contributed by atoms with E-state index in [1.165, 1.54) is 6.42 Å². The number of carbonyl (C=O) groups is 1. The van der Waals surface area contributed by atoms with E-state index in [-0.39, 0.29) is 12.1 Å². The zero-order valence-electron chi connectivity index (χ0n) is 13.5. The van der Waals surface area contributed by atoms with Crippen LogP contribution in [-0.4, -0.2) is 50.9 Å². The maximum absolute atomic E-state index is 12.1. The van der Waals surface area contributed by atoms with Crippen molar-refractivity contribution in [3.8, 4) is 5.75 Å². The van der Waals surface area contributed by atoms with Crippen LogP contribution in [0.15, 0.2) is 24.3 Å². The first-order valence-corrected chi connectivity index (χ1v) is 7.92. The molecule has 2 amide bonds. The first-order chi connectivity index (χ1) is 10.7. The lowest BCUT2D eigenvalue weighted by Crippen LogP contribution is -2.43. The Labute approximate surface area is 132 Å². The Balaban J connectivity index is 1.69. The van der Waals surface area contributed by atoms with Crippen LogP contribution in [-0.2, 0) is 11.2 Å². The highest BCUT2D eigenvalue weighted by molar-refractivity contribution is 5.73. The van der Waals surface area contributed by atoms with Crippen molar-refractivity contribution in [3.05, 3.63) is 29.8 Å². The van der Waals surface area contributed by atoms with Crippen LogP contribution >= 0.6 is 0 Å². The van der Waals surface area contributed by atoms with Crippen LogP contribution in [0.25, 0.3) is 0 Å². The fraction of sp³-hybridized carbons (Fsp3) is 0.588. The minimum Gasteiger partial charge on any atom is -0.497 e. The Kier molecular flexibility index (Phi) is 6.52. The van der Waals surface area contributed by atoms with E-state index in [0.717, 1.165) is 37.2 Å². The molecule has 1 heterocycles. The molecule has 2 rings (SSSR count). The largest absolute Gasteiger partial charge is 0.497 e. The Morgan fingerprint density at radius 2 is 2.32 bits per heavy atom. The number of benzene rings is 1. The lowest BCUT2D eigenvalue weighted by molar-refractivity contribution is 0.00388. The van der Waals surface area contributed by atoms with E-state index in [0.29, 0.717) is 13.1 Å². The van der Waals surface area contributed by atoms with Crippen LogP contribution < -0.4 is 10.1 Å². The fourth-order valence-corrected chi connectivity index (χ4v) is 2.62. The number of carbonyl (C=O) groups excluding carboxylic acids is 1. The molecule has 5 nitrogen and oxygen atoms in total. The summed E-state index contributed by atoms with van der Waals surface area (Å²) in [4.78, 5) is 13.8. The van der Waals surface area contributed by atoms with Crippen molar-refractivity contribution in [2.24, 2.45) is 0 Å². The lowest BCUT2D eigenvalue weighted by atomic mass is 10.1. The molecule has 0 radical (unpaired) electrons. The summed E-state index contributed by atoms with van der Waals surface area (Å²) in [5, 5.41) is 2.95. The van der Waals surface area contributed by atoms with E-state index in [9.17, 15) is 4.79 Å². The fourth-order valence-electron chi connectivity index (χ4n) is 2.62. The second kappa shape index (κ2) is 8.63. The molecule has 0 bridgehead atoms. The molecular weight excluding hydrogens is 280 g/mol. The van der Waals surface area contributed by atoms with Gasteiger partial charge in [0.05, 0.1) is 13.2 Å². The smallest absolute Gasteiger partial charge is 0.317 e. The number of nitrogens with one attached hydrogen (secondary N) is 1. The molecule has 1 aromatic rings.